The Morgan fingerprint density at radius 1 is 1.25 bits per heavy atom. The molecule has 3 atom stereocenters. The Labute approximate surface area is 102 Å². The van der Waals surface area contributed by atoms with E-state index in [1.54, 1.807) is 0 Å². The molecule has 1 aliphatic carbocycles. The van der Waals surface area contributed by atoms with Crippen LogP contribution < -0.4 is 5.32 Å². The van der Waals surface area contributed by atoms with E-state index in [1.165, 1.54) is 32.2 Å². The molecule has 0 aliphatic heterocycles. The lowest BCUT2D eigenvalue weighted by Crippen LogP contribution is -2.35. The average Bonchev–Trinajstić information content (AvgIpc) is 2.19. The lowest BCUT2D eigenvalue weighted by Gasteiger charge is -2.41. The maximum atomic E-state index is 3.92. The van der Waals surface area contributed by atoms with E-state index in [9.17, 15) is 0 Å². The SMILES string of the molecule is C=CCC1CC(C(C)(C)C)CCC1CNC. The summed E-state index contributed by atoms with van der Waals surface area (Å²) in [6, 6.07) is 0. The van der Waals surface area contributed by atoms with E-state index < -0.39 is 0 Å². The number of rotatable bonds is 4. The topological polar surface area (TPSA) is 12.0 Å². The summed E-state index contributed by atoms with van der Waals surface area (Å²) in [6.45, 7) is 12.3. The van der Waals surface area contributed by atoms with Gasteiger partial charge in [0.05, 0.1) is 0 Å². The Hall–Kier alpha value is -0.300. The number of nitrogens with one attached hydrogen (secondary N) is 1. The van der Waals surface area contributed by atoms with Crippen LogP contribution in [0, 0.1) is 23.2 Å². The van der Waals surface area contributed by atoms with Gasteiger partial charge >= 0.3 is 0 Å². The predicted octanol–water partition coefficient (Wildman–Crippen LogP) is 3.86. The van der Waals surface area contributed by atoms with Gasteiger partial charge in [-0.2, -0.15) is 0 Å². The van der Waals surface area contributed by atoms with Crippen LogP contribution in [0.3, 0.4) is 0 Å². The quantitative estimate of drug-likeness (QED) is 0.714. The average molecular weight is 223 g/mol. The third-order valence-electron chi connectivity index (χ3n) is 4.30. The first-order valence-electron chi connectivity index (χ1n) is 6.74. The summed E-state index contributed by atoms with van der Waals surface area (Å²) < 4.78 is 0. The van der Waals surface area contributed by atoms with Gasteiger partial charge in [-0.05, 0) is 62.4 Å². The van der Waals surface area contributed by atoms with Crippen molar-refractivity contribution in [2.45, 2.75) is 46.5 Å². The first-order chi connectivity index (χ1) is 7.49. The van der Waals surface area contributed by atoms with Crippen molar-refractivity contribution < 1.29 is 0 Å². The minimum atomic E-state index is 0.476. The van der Waals surface area contributed by atoms with Crippen molar-refractivity contribution in [3.05, 3.63) is 12.7 Å². The minimum Gasteiger partial charge on any atom is -0.319 e. The Balaban J connectivity index is 2.60. The number of hydrogen-bond acceptors (Lipinski definition) is 1. The molecule has 0 aromatic rings. The monoisotopic (exact) mass is 223 g/mol. The number of allylic oxidation sites excluding steroid dienone is 1. The molecular formula is C15H29N. The van der Waals surface area contributed by atoms with Gasteiger partial charge in [0.1, 0.15) is 0 Å². The molecule has 0 aromatic carbocycles. The highest BCUT2D eigenvalue weighted by atomic mass is 14.8. The molecular weight excluding hydrogens is 194 g/mol. The summed E-state index contributed by atoms with van der Waals surface area (Å²) in [5, 5.41) is 3.35. The fourth-order valence-electron chi connectivity index (χ4n) is 3.15. The molecule has 0 radical (unpaired) electrons. The zero-order chi connectivity index (χ0) is 12.2. The van der Waals surface area contributed by atoms with Gasteiger partial charge in [0.2, 0.25) is 0 Å². The first-order valence-corrected chi connectivity index (χ1v) is 6.74. The third-order valence-corrected chi connectivity index (χ3v) is 4.30. The Bertz CT molecular complexity index is 214. The molecule has 0 amide bonds. The summed E-state index contributed by atoms with van der Waals surface area (Å²) in [7, 11) is 2.07. The maximum absolute atomic E-state index is 3.92. The van der Waals surface area contributed by atoms with Crippen molar-refractivity contribution in [1.29, 1.82) is 0 Å². The highest BCUT2D eigenvalue weighted by molar-refractivity contribution is 4.89. The van der Waals surface area contributed by atoms with Crippen molar-refractivity contribution in [2.24, 2.45) is 23.2 Å². The van der Waals surface area contributed by atoms with Crippen LogP contribution in [0.2, 0.25) is 0 Å². The van der Waals surface area contributed by atoms with Crippen molar-refractivity contribution in [3.63, 3.8) is 0 Å². The normalized spacial score (nSPS) is 31.4. The smallest absolute Gasteiger partial charge is 0.00208 e. The van der Waals surface area contributed by atoms with E-state index in [2.05, 4.69) is 45.8 Å². The van der Waals surface area contributed by atoms with Crippen molar-refractivity contribution >= 4 is 0 Å². The molecule has 1 fully saturated rings. The van der Waals surface area contributed by atoms with E-state index in [0.29, 0.717) is 5.41 Å². The Morgan fingerprint density at radius 2 is 1.94 bits per heavy atom. The zero-order valence-corrected chi connectivity index (χ0v) is 11.6. The van der Waals surface area contributed by atoms with E-state index in [-0.39, 0.29) is 0 Å². The standard InChI is InChI=1S/C15H29N/c1-6-7-12-10-14(15(2,3)4)9-8-13(12)11-16-5/h6,12-14,16H,1,7-11H2,2-5H3. The molecule has 0 spiro atoms. The Morgan fingerprint density at radius 3 is 2.44 bits per heavy atom. The van der Waals surface area contributed by atoms with E-state index in [1.807, 2.05) is 0 Å². The molecule has 1 saturated carbocycles. The third kappa shape index (κ3) is 3.62. The molecule has 16 heavy (non-hydrogen) atoms. The highest BCUT2D eigenvalue weighted by Gasteiger charge is 2.34. The first kappa shape index (κ1) is 13.8. The fraction of sp³-hybridized carbons (Fsp3) is 0.867. The van der Waals surface area contributed by atoms with Gasteiger partial charge in [-0.15, -0.1) is 6.58 Å². The number of hydrogen-bond donors (Lipinski definition) is 1. The second-order valence-electron chi connectivity index (χ2n) is 6.48. The van der Waals surface area contributed by atoms with Gasteiger partial charge in [-0.25, -0.2) is 0 Å². The van der Waals surface area contributed by atoms with Crippen LogP contribution in [-0.4, -0.2) is 13.6 Å². The summed E-state index contributed by atoms with van der Waals surface area (Å²) in [4.78, 5) is 0. The van der Waals surface area contributed by atoms with E-state index >= 15 is 0 Å². The molecule has 0 bridgehead atoms. The summed E-state index contributed by atoms with van der Waals surface area (Å²) >= 11 is 0. The molecule has 1 heteroatoms. The largest absolute Gasteiger partial charge is 0.319 e. The van der Waals surface area contributed by atoms with Gasteiger partial charge in [0.15, 0.2) is 0 Å². The van der Waals surface area contributed by atoms with Gasteiger partial charge in [0, 0.05) is 0 Å². The second kappa shape index (κ2) is 5.86. The zero-order valence-electron chi connectivity index (χ0n) is 11.6. The molecule has 1 rings (SSSR count). The predicted molar refractivity (Wildman–Crippen MR) is 72.5 cm³/mol. The van der Waals surface area contributed by atoms with Gasteiger partial charge in [0.25, 0.3) is 0 Å². The molecule has 1 nitrogen and oxygen atoms in total. The lowest BCUT2D eigenvalue weighted by atomic mass is 9.65. The minimum absolute atomic E-state index is 0.476. The van der Waals surface area contributed by atoms with Crippen molar-refractivity contribution in [1.82, 2.24) is 5.32 Å². The summed E-state index contributed by atoms with van der Waals surface area (Å²) in [5.74, 6) is 2.61. The lowest BCUT2D eigenvalue weighted by molar-refractivity contribution is 0.0994. The summed E-state index contributed by atoms with van der Waals surface area (Å²) in [6.07, 6.45) is 7.49. The van der Waals surface area contributed by atoms with Crippen LogP contribution in [-0.2, 0) is 0 Å². The van der Waals surface area contributed by atoms with Gasteiger partial charge in [-0.1, -0.05) is 26.8 Å². The molecule has 0 saturated heterocycles. The Kier molecular flexibility index (Phi) is 5.04. The fourth-order valence-corrected chi connectivity index (χ4v) is 3.15. The summed E-state index contributed by atoms with van der Waals surface area (Å²) in [5.41, 5.74) is 0.476. The molecule has 94 valence electrons. The molecule has 3 unspecified atom stereocenters. The van der Waals surface area contributed by atoms with Crippen molar-refractivity contribution in [2.75, 3.05) is 13.6 Å². The molecule has 1 N–H and O–H groups in total. The maximum Gasteiger partial charge on any atom is -0.00208 e. The van der Waals surface area contributed by atoms with Crippen LogP contribution >= 0.6 is 0 Å². The van der Waals surface area contributed by atoms with E-state index in [4.69, 9.17) is 0 Å². The second-order valence-corrected chi connectivity index (χ2v) is 6.48. The van der Waals surface area contributed by atoms with Gasteiger partial charge < -0.3 is 5.32 Å². The van der Waals surface area contributed by atoms with E-state index in [0.717, 1.165) is 17.8 Å². The highest BCUT2D eigenvalue weighted by Crippen LogP contribution is 2.43. The van der Waals surface area contributed by atoms with Gasteiger partial charge in [-0.3, -0.25) is 0 Å². The van der Waals surface area contributed by atoms with Crippen LogP contribution in [0.25, 0.3) is 0 Å². The van der Waals surface area contributed by atoms with Crippen LogP contribution in [0.1, 0.15) is 46.5 Å². The van der Waals surface area contributed by atoms with Crippen LogP contribution in [0.4, 0.5) is 0 Å². The van der Waals surface area contributed by atoms with Crippen molar-refractivity contribution in [3.8, 4) is 0 Å². The van der Waals surface area contributed by atoms with Crippen LogP contribution in [0.5, 0.6) is 0 Å². The molecule has 0 aromatic heterocycles. The molecule has 0 heterocycles. The van der Waals surface area contributed by atoms with Crippen LogP contribution in [0.15, 0.2) is 12.7 Å². The molecule has 1 aliphatic rings.